The fourth-order valence-corrected chi connectivity index (χ4v) is 11.5. The first-order valence-corrected chi connectivity index (χ1v) is 22.8. The van der Waals surface area contributed by atoms with Crippen molar-refractivity contribution in [1.82, 2.24) is 14.5 Å². The van der Waals surface area contributed by atoms with Crippen molar-refractivity contribution >= 4 is 49.0 Å². The maximum absolute atomic E-state index is 13.2. The molecule has 1 radical (unpaired) electrons. The van der Waals surface area contributed by atoms with Gasteiger partial charge in [0.15, 0.2) is 0 Å². The Morgan fingerprint density at radius 3 is 1.98 bits per heavy atom. The van der Waals surface area contributed by atoms with Crippen LogP contribution in [0.2, 0.25) is 0 Å². The molecule has 4 nitrogen and oxygen atoms in total. The van der Waals surface area contributed by atoms with Crippen molar-refractivity contribution in [3.05, 3.63) is 199 Å². The molecule has 0 unspecified atom stereocenters. The third-order valence-corrected chi connectivity index (χ3v) is 14.4. The summed E-state index contributed by atoms with van der Waals surface area (Å²) < 4.78 is 18.3. The number of nitrogens with zero attached hydrogens (tertiary/aromatic N) is 4. The van der Waals surface area contributed by atoms with Gasteiger partial charge in [-0.25, -0.2) is 0 Å². The smallest absolute Gasteiger partial charge is 0.0380 e. The van der Waals surface area contributed by atoms with Gasteiger partial charge in [0.05, 0.1) is 0 Å². The number of hydrogen-bond donors (Lipinski definition) is 0. The Bertz CT molecular complexity index is 3190. The van der Waals surface area contributed by atoms with Gasteiger partial charge in [-0.05, 0) is 17.3 Å². The van der Waals surface area contributed by atoms with Gasteiger partial charge in [0.1, 0.15) is 0 Å². The predicted octanol–water partition coefficient (Wildman–Crippen LogP) is 14.0. The minimum Gasteiger partial charge on any atom is -0.305 e. The molecule has 7 heteroatoms. The summed E-state index contributed by atoms with van der Waals surface area (Å²) in [6.07, 6.45) is 1.63. The minimum atomic E-state index is -0.744. The van der Waals surface area contributed by atoms with E-state index in [2.05, 4.69) is 165 Å². The number of aromatic nitrogens is 3. The van der Waals surface area contributed by atoms with E-state index in [9.17, 15) is 9.65 Å². The van der Waals surface area contributed by atoms with Crippen LogP contribution in [0, 0.1) is 29.3 Å². The normalized spacial score (nSPS) is 11.1. The standard InChI is InChI=1S/C44H34N3Te.C11H7FN.Ir/c1-27(2)37-24-33(32-20-18-31(19-21-32)30-11-6-5-7-12-30)25-38(28(3)4)42(37)47-40-16-9-8-15-39(40)46-44(47)36-14-10-13-35-34-22-17-29(26-45)23-41(34)48-43(35)36;12-10-6-2-1-5-9(10)11-7-3-4-8-13-11;/h5-13,15-25,27-28H,1-4H3;1-4,6-8H;/q2*-1;. The van der Waals surface area contributed by atoms with E-state index in [1.54, 1.807) is 30.5 Å². The maximum Gasteiger partial charge on any atom is 0.0380 e. The van der Waals surface area contributed by atoms with Crippen LogP contribution < -0.4 is 0 Å². The van der Waals surface area contributed by atoms with Crippen molar-refractivity contribution in [1.29, 1.82) is 5.26 Å². The van der Waals surface area contributed by atoms with Gasteiger partial charge in [0.25, 0.3) is 0 Å². The molecule has 0 fully saturated rings. The van der Waals surface area contributed by atoms with Crippen LogP contribution in [0.1, 0.15) is 56.2 Å². The van der Waals surface area contributed by atoms with Crippen molar-refractivity contribution in [2.75, 3.05) is 0 Å². The zero-order valence-electron chi connectivity index (χ0n) is 34.7. The first-order chi connectivity index (χ1) is 29.8. The number of rotatable bonds is 7. The molecule has 0 aliphatic rings. The monoisotopic (exact) mass is 1100 g/mol. The molecule has 0 N–H and O–H groups in total. The number of fused-ring (bicyclic) bond motifs is 4. The number of para-hydroxylation sites is 2. The largest absolute Gasteiger partial charge is 0.305 e. The van der Waals surface area contributed by atoms with Crippen LogP contribution in [0.5, 0.6) is 0 Å². The Balaban J connectivity index is 0.000000323. The van der Waals surface area contributed by atoms with Crippen molar-refractivity contribution in [2.24, 2.45) is 0 Å². The molecule has 3 aromatic heterocycles. The van der Waals surface area contributed by atoms with Crippen LogP contribution in [-0.4, -0.2) is 35.0 Å². The number of imidazole rings is 1. The van der Waals surface area contributed by atoms with Crippen LogP contribution in [-0.2, 0) is 20.1 Å². The number of pyridine rings is 1. The van der Waals surface area contributed by atoms with E-state index in [1.807, 2.05) is 18.2 Å². The Morgan fingerprint density at radius 1 is 0.645 bits per heavy atom. The van der Waals surface area contributed by atoms with E-state index in [-0.39, 0.29) is 37.8 Å². The molecule has 10 aromatic rings. The molecule has 62 heavy (non-hydrogen) atoms. The van der Waals surface area contributed by atoms with Gasteiger partial charge in [-0.2, -0.15) is 0 Å². The van der Waals surface area contributed by atoms with Crippen LogP contribution in [0.3, 0.4) is 0 Å². The van der Waals surface area contributed by atoms with Crippen molar-refractivity contribution in [3.63, 3.8) is 0 Å². The first kappa shape index (κ1) is 42.7. The van der Waals surface area contributed by atoms with Gasteiger partial charge in [-0.3, -0.25) is 4.39 Å². The predicted molar refractivity (Wildman–Crippen MR) is 250 cm³/mol. The minimum absolute atomic E-state index is 0. The molecule has 0 amide bonds. The Hall–Kier alpha value is -5.98. The zero-order valence-corrected chi connectivity index (χ0v) is 39.4. The van der Waals surface area contributed by atoms with Gasteiger partial charge >= 0.3 is 257 Å². The number of nitriles is 1. The molecular formula is C55H41FIrN4Te-2. The Labute approximate surface area is 385 Å². The summed E-state index contributed by atoms with van der Waals surface area (Å²) in [7, 11) is 0. The molecule has 0 aliphatic carbocycles. The van der Waals surface area contributed by atoms with E-state index in [1.165, 1.54) is 62.7 Å². The summed E-state index contributed by atoms with van der Waals surface area (Å²) in [6, 6.07) is 62.1. The first-order valence-electron chi connectivity index (χ1n) is 20.5. The summed E-state index contributed by atoms with van der Waals surface area (Å²) in [6.45, 7) is 9.19. The van der Waals surface area contributed by atoms with Gasteiger partial charge in [0.2, 0.25) is 0 Å². The number of hydrogen-bond acceptors (Lipinski definition) is 3. The summed E-state index contributed by atoms with van der Waals surface area (Å²) in [4.78, 5) is 9.39. The number of halogens is 1. The van der Waals surface area contributed by atoms with Crippen LogP contribution in [0.4, 0.5) is 4.39 Å². The summed E-state index contributed by atoms with van der Waals surface area (Å²) in [5.41, 5.74) is 13.6. The van der Waals surface area contributed by atoms with Crippen molar-refractivity contribution in [3.8, 4) is 56.7 Å². The topological polar surface area (TPSA) is 54.5 Å². The van der Waals surface area contributed by atoms with E-state index in [4.69, 9.17) is 4.98 Å². The Kier molecular flexibility index (Phi) is 12.8. The van der Waals surface area contributed by atoms with Gasteiger partial charge in [0, 0.05) is 32.1 Å². The van der Waals surface area contributed by atoms with E-state index in [0.717, 1.165) is 28.0 Å². The van der Waals surface area contributed by atoms with Gasteiger partial charge in [-0.15, -0.1) is 24.3 Å². The number of benzene rings is 7. The molecule has 0 spiro atoms. The average molecular weight is 1100 g/mol. The molecule has 0 atom stereocenters. The van der Waals surface area contributed by atoms with Crippen LogP contribution in [0.25, 0.3) is 79.2 Å². The second-order valence-corrected chi connectivity index (χ2v) is 18.6. The molecule has 10 rings (SSSR count). The molecule has 305 valence electrons. The van der Waals surface area contributed by atoms with Crippen LogP contribution in [0.15, 0.2) is 164 Å². The van der Waals surface area contributed by atoms with E-state index < -0.39 is 20.4 Å². The fourth-order valence-electron chi connectivity index (χ4n) is 7.99. The van der Waals surface area contributed by atoms with Gasteiger partial charge in [-0.1, -0.05) is 48.0 Å². The average Bonchev–Trinajstić information content (AvgIpc) is 3.88. The maximum atomic E-state index is 13.2. The summed E-state index contributed by atoms with van der Waals surface area (Å²) in [5.74, 6) is 1.21. The van der Waals surface area contributed by atoms with E-state index in [0.29, 0.717) is 11.3 Å². The third kappa shape index (κ3) is 8.33. The molecule has 0 saturated heterocycles. The summed E-state index contributed by atoms with van der Waals surface area (Å²) in [5, 5.41) is 12.1. The molecule has 0 saturated carbocycles. The van der Waals surface area contributed by atoms with Crippen molar-refractivity contribution in [2.45, 2.75) is 39.5 Å². The second kappa shape index (κ2) is 18.6. The molecule has 0 aliphatic heterocycles. The molecule has 0 bridgehead atoms. The molecule has 3 heterocycles. The van der Waals surface area contributed by atoms with Gasteiger partial charge < -0.3 is 4.98 Å². The summed E-state index contributed by atoms with van der Waals surface area (Å²) >= 11 is -0.744. The van der Waals surface area contributed by atoms with Crippen LogP contribution >= 0.6 is 0 Å². The van der Waals surface area contributed by atoms with Crippen molar-refractivity contribution < 1.29 is 24.5 Å². The zero-order chi connectivity index (χ0) is 42.0. The quantitative estimate of drug-likeness (QED) is 0.118. The fraction of sp³-hybridized carbons (Fsp3) is 0.109. The second-order valence-electron chi connectivity index (χ2n) is 15.6. The Morgan fingerprint density at radius 2 is 1.31 bits per heavy atom. The molecular weight excluding hydrogens is 1060 g/mol. The third-order valence-electron chi connectivity index (χ3n) is 11.0. The molecule has 7 aromatic carbocycles. The van der Waals surface area contributed by atoms with E-state index >= 15 is 0 Å². The SMILES string of the molecule is CC(C)c1cc(-c2ccc(-c3ccccc3)cc2)cc(C(C)C)c1-n1c(-c2[c-]ccc3c2[te]c2cc(C#N)ccc23)nc2ccccc21.Fc1ccc[c-]c1-c1ccccn1.[Ir].